The first-order valence-electron chi connectivity index (χ1n) is 7.24. The molecule has 24 heavy (non-hydrogen) atoms. The van der Waals surface area contributed by atoms with E-state index in [0.29, 0.717) is 25.0 Å². The fourth-order valence-electron chi connectivity index (χ4n) is 2.03. The molecule has 0 saturated carbocycles. The molecule has 5 nitrogen and oxygen atoms in total. The number of benzene rings is 2. The standard InChI is InChI=1S/C16H17F2NO4S/c1-3-22-15-6-5-14(10-16(15)23-4-2)24(20,21)19-13-8-11(17)7-12(18)9-13/h5-10,19H,3-4H2,1-2H3. The van der Waals surface area contributed by atoms with Gasteiger partial charge in [-0.15, -0.1) is 0 Å². The van der Waals surface area contributed by atoms with Crippen molar-refractivity contribution in [2.24, 2.45) is 0 Å². The number of hydrogen-bond donors (Lipinski definition) is 1. The van der Waals surface area contributed by atoms with Gasteiger partial charge in [-0.05, 0) is 38.1 Å². The van der Waals surface area contributed by atoms with E-state index in [1.165, 1.54) is 18.2 Å². The molecule has 0 radical (unpaired) electrons. The average molecular weight is 357 g/mol. The lowest BCUT2D eigenvalue weighted by molar-refractivity contribution is 0.287. The highest BCUT2D eigenvalue weighted by Gasteiger charge is 2.18. The molecule has 8 heteroatoms. The second-order valence-corrected chi connectivity index (χ2v) is 6.42. The van der Waals surface area contributed by atoms with Gasteiger partial charge in [0.15, 0.2) is 11.5 Å². The third kappa shape index (κ3) is 4.35. The van der Waals surface area contributed by atoms with Crippen molar-refractivity contribution < 1.29 is 26.7 Å². The zero-order valence-electron chi connectivity index (χ0n) is 13.2. The summed E-state index contributed by atoms with van der Waals surface area (Å²) < 4.78 is 64.1. The SMILES string of the molecule is CCOc1ccc(S(=O)(=O)Nc2cc(F)cc(F)c2)cc1OCC. The molecule has 1 N–H and O–H groups in total. The van der Waals surface area contributed by atoms with Gasteiger partial charge in [0.05, 0.1) is 23.8 Å². The largest absolute Gasteiger partial charge is 0.490 e. The summed E-state index contributed by atoms with van der Waals surface area (Å²) in [6, 6.07) is 6.52. The lowest BCUT2D eigenvalue weighted by atomic mass is 10.3. The minimum absolute atomic E-state index is 0.112. The fourth-order valence-corrected chi connectivity index (χ4v) is 3.08. The molecule has 2 rings (SSSR count). The summed E-state index contributed by atoms with van der Waals surface area (Å²) in [6.45, 7) is 4.27. The molecule has 0 aliphatic carbocycles. The summed E-state index contributed by atoms with van der Waals surface area (Å²) in [4.78, 5) is -0.112. The number of nitrogens with one attached hydrogen (secondary N) is 1. The number of sulfonamides is 1. The average Bonchev–Trinajstić information content (AvgIpc) is 2.47. The Bertz CT molecular complexity index is 805. The molecular formula is C16H17F2NO4S. The quantitative estimate of drug-likeness (QED) is 0.823. The Morgan fingerprint density at radius 2 is 1.50 bits per heavy atom. The normalized spacial score (nSPS) is 11.2. The molecule has 0 bridgehead atoms. The summed E-state index contributed by atoms with van der Waals surface area (Å²) in [7, 11) is -4.04. The third-order valence-corrected chi connectivity index (χ3v) is 4.32. The minimum atomic E-state index is -4.04. The molecule has 130 valence electrons. The molecule has 0 fully saturated rings. The maximum atomic E-state index is 13.2. The summed E-state index contributed by atoms with van der Waals surface area (Å²) >= 11 is 0. The lowest BCUT2D eigenvalue weighted by Crippen LogP contribution is -2.13. The number of anilines is 1. The second kappa shape index (κ2) is 7.48. The zero-order valence-corrected chi connectivity index (χ0v) is 14.0. The van der Waals surface area contributed by atoms with Gasteiger partial charge in [-0.1, -0.05) is 0 Å². The molecule has 0 amide bonds. The van der Waals surface area contributed by atoms with Gasteiger partial charge in [-0.3, -0.25) is 4.72 Å². The van der Waals surface area contributed by atoms with Crippen molar-refractivity contribution in [3.63, 3.8) is 0 Å². The number of ether oxygens (including phenoxy) is 2. The summed E-state index contributed by atoms with van der Waals surface area (Å²) in [5.74, 6) is -1.08. The monoisotopic (exact) mass is 357 g/mol. The van der Waals surface area contributed by atoms with Gasteiger partial charge in [0.25, 0.3) is 10.0 Å². The van der Waals surface area contributed by atoms with E-state index in [1.54, 1.807) is 13.8 Å². The van der Waals surface area contributed by atoms with Gasteiger partial charge in [0.2, 0.25) is 0 Å². The van der Waals surface area contributed by atoms with Gasteiger partial charge in [0.1, 0.15) is 11.6 Å². The van der Waals surface area contributed by atoms with Gasteiger partial charge in [-0.2, -0.15) is 0 Å². The van der Waals surface area contributed by atoms with Crippen LogP contribution in [-0.4, -0.2) is 21.6 Å². The fraction of sp³-hybridized carbons (Fsp3) is 0.250. The predicted molar refractivity (Wildman–Crippen MR) is 85.9 cm³/mol. The van der Waals surface area contributed by atoms with Crippen LogP contribution < -0.4 is 14.2 Å². The highest BCUT2D eigenvalue weighted by Crippen LogP contribution is 2.31. The first-order valence-corrected chi connectivity index (χ1v) is 8.72. The maximum Gasteiger partial charge on any atom is 0.262 e. The van der Waals surface area contributed by atoms with Crippen molar-refractivity contribution in [1.29, 1.82) is 0 Å². The van der Waals surface area contributed by atoms with Crippen LogP contribution in [0.4, 0.5) is 14.5 Å². The van der Waals surface area contributed by atoms with Crippen LogP contribution in [0.3, 0.4) is 0 Å². The van der Waals surface area contributed by atoms with Crippen LogP contribution in [0.5, 0.6) is 11.5 Å². The van der Waals surface area contributed by atoms with E-state index in [0.717, 1.165) is 12.1 Å². The zero-order chi connectivity index (χ0) is 17.7. The van der Waals surface area contributed by atoms with E-state index in [1.807, 2.05) is 0 Å². The van der Waals surface area contributed by atoms with Crippen LogP contribution in [0.25, 0.3) is 0 Å². The van der Waals surface area contributed by atoms with E-state index in [9.17, 15) is 17.2 Å². The highest BCUT2D eigenvalue weighted by atomic mass is 32.2. The molecule has 0 spiro atoms. The van der Waals surface area contributed by atoms with Gasteiger partial charge >= 0.3 is 0 Å². The van der Waals surface area contributed by atoms with Crippen LogP contribution in [0.1, 0.15) is 13.8 Å². The van der Waals surface area contributed by atoms with Gasteiger partial charge in [0, 0.05) is 12.1 Å². The van der Waals surface area contributed by atoms with Crippen molar-refractivity contribution in [1.82, 2.24) is 0 Å². The first-order chi connectivity index (χ1) is 11.4. The van der Waals surface area contributed by atoms with Crippen molar-refractivity contribution in [3.05, 3.63) is 48.0 Å². The molecule has 0 heterocycles. The number of halogens is 2. The minimum Gasteiger partial charge on any atom is -0.490 e. The lowest BCUT2D eigenvalue weighted by Gasteiger charge is -2.13. The van der Waals surface area contributed by atoms with Crippen LogP contribution in [0, 0.1) is 11.6 Å². The predicted octanol–water partition coefficient (Wildman–Crippen LogP) is 3.56. The van der Waals surface area contributed by atoms with Crippen molar-refractivity contribution in [2.75, 3.05) is 17.9 Å². The van der Waals surface area contributed by atoms with Gasteiger partial charge in [-0.25, -0.2) is 17.2 Å². The topological polar surface area (TPSA) is 64.6 Å². The van der Waals surface area contributed by atoms with E-state index < -0.39 is 21.7 Å². The number of rotatable bonds is 7. The second-order valence-electron chi connectivity index (χ2n) is 4.74. The third-order valence-electron chi connectivity index (χ3n) is 2.94. The first kappa shape index (κ1) is 18.0. The Morgan fingerprint density at radius 1 is 0.917 bits per heavy atom. The Balaban J connectivity index is 2.36. The van der Waals surface area contributed by atoms with E-state index in [2.05, 4.69) is 4.72 Å². The van der Waals surface area contributed by atoms with Crippen molar-refractivity contribution >= 4 is 15.7 Å². The Kier molecular flexibility index (Phi) is 5.61. The van der Waals surface area contributed by atoms with Crippen LogP contribution in [0.2, 0.25) is 0 Å². The maximum absolute atomic E-state index is 13.2. The Labute approximate surface area is 139 Å². The molecule has 0 aliphatic rings. The summed E-state index contributed by atoms with van der Waals surface area (Å²) in [5, 5.41) is 0. The Morgan fingerprint density at radius 3 is 2.08 bits per heavy atom. The molecule has 2 aromatic rings. The molecule has 0 unspecified atom stereocenters. The Hall–Kier alpha value is -2.35. The van der Waals surface area contributed by atoms with Gasteiger partial charge < -0.3 is 9.47 Å². The highest BCUT2D eigenvalue weighted by molar-refractivity contribution is 7.92. The summed E-state index contributed by atoms with van der Waals surface area (Å²) in [6.07, 6.45) is 0. The molecule has 2 aromatic carbocycles. The van der Waals surface area contributed by atoms with Crippen LogP contribution in [-0.2, 0) is 10.0 Å². The molecule has 0 saturated heterocycles. The van der Waals surface area contributed by atoms with Crippen LogP contribution >= 0.6 is 0 Å². The molecule has 0 atom stereocenters. The smallest absolute Gasteiger partial charge is 0.262 e. The van der Waals surface area contributed by atoms with E-state index >= 15 is 0 Å². The van der Waals surface area contributed by atoms with Crippen molar-refractivity contribution in [2.45, 2.75) is 18.7 Å². The molecule has 0 aliphatic heterocycles. The summed E-state index contributed by atoms with van der Waals surface area (Å²) in [5.41, 5.74) is -0.209. The van der Waals surface area contributed by atoms with Crippen LogP contribution in [0.15, 0.2) is 41.3 Å². The number of hydrogen-bond acceptors (Lipinski definition) is 4. The van der Waals surface area contributed by atoms with E-state index in [4.69, 9.17) is 9.47 Å². The van der Waals surface area contributed by atoms with E-state index in [-0.39, 0.29) is 16.3 Å². The molecular weight excluding hydrogens is 340 g/mol. The van der Waals surface area contributed by atoms with Crippen molar-refractivity contribution in [3.8, 4) is 11.5 Å². The molecule has 0 aromatic heterocycles.